The Kier molecular flexibility index (Phi) is 8.70. The summed E-state index contributed by atoms with van der Waals surface area (Å²) < 4.78 is 6.24. The predicted octanol–water partition coefficient (Wildman–Crippen LogP) is 4.53. The van der Waals surface area contributed by atoms with E-state index in [1.165, 1.54) is 5.56 Å². The van der Waals surface area contributed by atoms with Crippen LogP contribution in [-0.4, -0.2) is 60.3 Å². The molecule has 1 aliphatic heterocycles. The van der Waals surface area contributed by atoms with E-state index in [1.54, 1.807) is 0 Å². The van der Waals surface area contributed by atoms with Crippen molar-refractivity contribution in [3.8, 4) is 0 Å². The van der Waals surface area contributed by atoms with Crippen molar-refractivity contribution in [2.24, 2.45) is 0 Å². The fraction of sp³-hybridized carbons (Fsp3) is 0.310. The lowest BCUT2D eigenvalue weighted by atomic mass is 10.0. The largest absolute Gasteiger partial charge is 0.389 e. The lowest BCUT2D eigenvalue weighted by Gasteiger charge is -2.35. The summed E-state index contributed by atoms with van der Waals surface area (Å²) in [5, 5.41) is 10.7. The van der Waals surface area contributed by atoms with E-state index in [0.717, 1.165) is 43.7 Å². The number of benzene rings is 3. The molecule has 4 rings (SSSR count). The number of aliphatic hydroxyl groups is 1. The Morgan fingerprint density at radius 3 is 1.88 bits per heavy atom. The molecule has 1 atom stereocenters. The summed E-state index contributed by atoms with van der Waals surface area (Å²) in [6.45, 7) is 4.82. The van der Waals surface area contributed by atoms with E-state index in [0.29, 0.717) is 13.2 Å². The summed E-state index contributed by atoms with van der Waals surface area (Å²) in [7, 11) is 0. The third-order valence-corrected chi connectivity index (χ3v) is 6.05. The summed E-state index contributed by atoms with van der Waals surface area (Å²) in [6, 6.07) is 31.0. The van der Waals surface area contributed by atoms with Crippen LogP contribution in [0.4, 0.5) is 0 Å². The summed E-state index contributed by atoms with van der Waals surface area (Å²) in [6.07, 6.45) is 4.73. The van der Waals surface area contributed by atoms with Crippen molar-refractivity contribution in [1.29, 1.82) is 0 Å². The molecule has 1 fully saturated rings. The second-order valence-electron chi connectivity index (χ2n) is 8.60. The smallest absolute Gasteiger partial charge is 0.108 e. The molecule has 172 valence electrons. The highest BCUT2D eigenvalue weighted by Crippen LogP contribution is 2.26. The van der Waals surface area contributed by atoms with Crippen molar-refractivity contribution >= 4 is 0 Å². The minimum atomic E-state index is -0.514. The molecule has 1 aliphatic rings. The van der Waals surface area contributed by atoms with Gasteiger partial charge in [-0.3, -0.25) is 4.90 Å². The van der Waals surface area contributed by atoms with E-state index in [9.17, 15) is 5.11 Å². The number of allylic oxidation sites excluding steroid dienone is 1. The summed E-state index contributed by atoms with van der Waals surface area (Å²) >= 11 is 0. The second kappa shape index (κ2) is 12.4. The zero-order valence-corrected chi connectivity index (χ0v) is 19.2. The minimum Gasteiger partial charge on any atom is -0.389 e. The van der Waals surface area contributed by atoms with Crippen molar-refractivity contribution in [3.63, 3.8) is 0 Å². The summed E-state index contributed by atoms with van der Waals surface area (Å²) in [4.78, 5) is 4.69. The number of rotatable bonds is 10. The SMILES string of the molecule is OC(COC(c1ccccc1)c1ccccc1)CN1CCN(/C=C/Cc2ccccc2)CC1. The molecule has 1 heterocycles. The Morgan fingerprint density at radius 1 is 0.758 bits per heavy atom. The molecule has 0 saturated carbocycles. The van der Waals surface area contributed by atoms with Crippen molar-refractivity contribution < 1.29 is 9.84 Å². The molecule has 0 spiro atoms. The molecule has 4 heteroatoms. The maximum Gasteiger partial charge on any atom is 0.108 e. The van der Waals surface area contributed by atoms with Gasteiger partial charge in [0.05, 0.1) is 12.7 Å². The van der Waals surface area contributed by atoms with Crippen molar-refractivity contribution in [2.45, 2.75) is 18.6 Å². The van der Waals surface area contributed by atoms with Gasteiger partial charge in [-0.15, -0.1) is 0 Å². The minimum absolute atomic E-state index is 0.173. The van der Waals surface area contributed by atoms with Crippen LogP contribution in [0.15, 0.2) is 103 Å². The van der Waals surface area contributed by atoms with Crippen LogP contribution in [0.5, 0.6) is 0 Å². The lowest BCUT2D eigenvalue weighted by Crippen LogP contribution is -2.47. The topological polar surface area (TPSA) is 35.9 Å². The molecule has 0 aliphatic carbocycles. The van der Waals surface area contributed by atoms with E-state index in [4.69, 9.17) is 4.74 Å². The zero-order valence-electron chi connectivity index (χ0n) is 19.2. The molecule has 3 aromatic rings. The van der Waals surface area contributed by atoms with Crippen LogP contribution in [0.3, 0.4) is 0 Å². The Bertz CT molecular complexity index is 915. The first-order valence-electron chi connectivity index (χ1n) is 11.8. The van der Waals surface area contributed by atoms with Crippen LogP contribution in [0.1, 0.15) is 22.8 Å². The first-order valence-corrected chi connectivity index (χ1v) is 11.8. The van der Waals surface area contributed by atoms with Crippen molar-refractivity contribution in [1.82, 2.24) is 9.80 Å². The van der Waals surface area contributed by atoms with Gasteiger partial charge >= 0.3 is 0 Å². The molecule has 0 bridgehead atoms. The summed E-state index contributed by atoms with van der Waals surface area (Å²) in [5.41, 5.74) is 3.54. The van der Waals surface area contributed by atoms with Gasteiger partial charge in [0.25, 0.3) is 0 Å². The van der Waals surface area contributed by atoms with Crippen molar-refractivity contribution in [3.05, 3.63) is 120 Å². The molecule has 1 saturated heterocycles. The number of nitrogens with zero attached hydrogens (tertiary/aromatic N) is 2. The molecule has 0 radical (unpaired) electrons. The molecule has 1 N–H and O–H groups in total. The fourth-order valence-corrected chi connectivity index (χ4v) is 4.25. The van der Waals surface area contributed by atoms with E-state index in [-0.39, 0.29) is 6.10 Å². The highest BCUT2D eigenvalue weighted by molar-refractivity contribution is 5.29. The van der Waals surface area contributed by atoms with Crippen LogP contribution in [0.2, 0.25) is 0 Å². The molecule has 0 amide bonds. The Hall–Kier alpha value is -2.92. The quantitative estimate of drug-likeness (QED) is 0.501. The molecular weight excluding hydrogens is 408 g/mol. The van der Waals surface area contributed by atoms with Gasteiger partial charge in [0.15, 0.2) is 0 Å². The van der Waals surface area contributed by atoms with E-state index in [1.807, 2.05) is 36.4 Å². The van der Waals surface area contributed by atoms with Crippen LogP contribution in [-0.2, 0) is 11.2 Å². The van der Waals surface area contributed by atoms with Crippen LogP contribution < -0.4 is 0 Å². The number of ether oxygens (including phenoxy) is 1. The highest BCUT2D eigenvalue weighted by Gasteiger charge is 2.20. The normalized spacial score (nSPS) is 15.9. The van der Waals surface area contributed by atoms with Gasteiger partial charge < -0.3 is 14.7 Å². The van der Waals surface area contributed by atoms with E-state index >= 15 is 0 Å². The number of hydrogen-bond donors (Lipinski definition) is 1. The second-order valence-corrected chi connectivity index (χ2v) is 8.60. The maximum absolute atomic E-state index is 10.7. The third-order valence-electron chi connectivity index (χ3n) is 6.05. The first-order chi connectivity index (χ1) is 16.3. The van der Waals surface area contributed by atoms with Crippen LogP contribution in [0, 0.1) is 0 Å². The molecular formula is C29H34N2O2. The monoisotopic (exact) mass is 442 g/mol. The lowest BCUT2D eigenvalue weighted by molar-refractivity contribution is -0.0127. The molecule has 33 heavy (non-hydrogen) atoms. The van der Waals surface area contributed by atoms with Gasteiger partial charge in [-0.1, -0.05) is 97.1 Å². The number of aliphatic hydroxyl groups excluding tert-OH is 1. The summed E-state index contributed by atoms with van der Waals surface area (Å²) in [5.74, 6) is 0. The number of piperazine rings is 1. The zero-order chi connectivity index (χ0) is 22.7. The van der Waals surface area contributed by atoms with E-state index in [2.05, 4.69) is 76.7 Å². The predicted molar refractivity (Wildman–Crippen MR) is 134 cm³/mol. The Labute approximate surface area is 197 Å². The fourth-order valence-electron chi connectivity index (χ4n) is 4.25. The third kappa shape index (κ3) is 7.29. The molecule has 4 nitrogen and oxygen atoms in total. The first kappa shape index (κ1) is 23.2. The highest BCUT2D eigenvalue weighted by atomic mass is 16.5. The number of hydrogen-bond acceptors (Lipinski definition) is 4. The van der Waals surface area contributed by atoms with Gasteiger partial charge in [-0.2, -0.15) is 0 Å². The standard InChI is InChI=1S/C29H34N2O2/c32-28(24-33-29(26-14-6-2-7-15-26)27-16-8-3-9-17-27)23-31-21-19-30(20-22-31)18-10-13-25-11-4-1-5-12-25/h1-12,14-18,28-29,32H,13,19-24H2/b18-10+. The Morgan fingerprint density at radius 2 is 1.30 bits per heavy atom. The average molecular weight is 443 g/mol. The van der Waals surface area contributed by atoms with Crippen molar-refractivity contribution in [2.75, 3.05) is 39.3 Å². The molecule has 3 aromatic carbocycles. The van der Waals surface area contributed by atoms with Gasteiger partial charge in [0.1, 0.15) is 6.10 Å². The number of β-amino-alcohol motifs (C(OH)–C–C–N with tert-alkyl or cyclic N) is 1. The van der Waals surface area contributed by atoms with Gasteiger partial charge in [0, 0.05) is 32.7 Å². The van der Waals surface area contributed by atoms with Gasteiger partial charge in [0.2, 0.25) is 0 Å². The van der Waals surface area contributed by atoms with Crippen LogP contribution in [0.25, 0.3) is 0 Å². The molecule has 0 aromatic heterocycles. The van der Waals surface area contributed by atoms with Gasteiger partial charge in [-0.05, 0) is 29.3 Å². The van der Waals surface area contributed by atoms with Gasteiger partial charge in [-0.25, -0.2) is 0 Å². The Balaban J connectivity index is 1.22. The maximum atomic E-state index is 10.7. The molecule has 1 unspecified atom stereocenters. The van der Waals surface area contributed by atoms with Crippen LogP contribution >= 0.6 is 0 Å². The van der Waals surface area contributed by atoms with E-state index < -0.39 is 6.10 Å². The average Bonchev–Trinajstić information content (AvgIpc) is 2.87.